The maximum atomic E-state index is 12.2. The van der Waals surface area contributed by atoms with Gasteiger partial charge in [-0.3, -0.25) is 4.79 Å². The van der Waals surface area contributed by atoms with Crippen LogP contribution in [0.15, 0.2) is 24.3 Å². The minimum Gasteiger partial charge on any atom is -0.356 e. The Morgan fingerprint density at radius 3 is 2.62 bits per heavy atom. The van der Waals surface area contributed by atoms with Gasteiger partial charge >= 0.3 is 0 Å². The van der Waals surface area contributed by atoms with Gasteiger partial charge in [-0.1, -0.05) is 23.7 Å². The Hall–Kier alpha value is -1.15. The Balaban J connectivity index is 1.70. The van der Waals surface area contributed by atoms with E-state index in [2.05, 4.69) is 10.2 Å². The molecule has 24 heavy (non-hydrogen) atoms. The lowest BCUT2D eigenvalue weighted by Gasteiger charge is -2.31. The number of halogens is 1. The van der Waals surface area contributed by atoms with Crippen LogP contribution in [0.25, 0.3) is 0 Å². The van der Waals surface area contributed by atoms with Crippen molar-refractivity contribution in [3.8, 4) is 0 Å². The van der Waals surface area contributed by atoms with Crippen LogP contribution in [0.4, 0.5) is 0 Å². The van der Waals surface area contributed by atoms with Crippen molar-refractivity contribution in [1.29, 1.82) is 0 Å². The normalized spacial score (nSPS) is 16.9. The fourth-order valence-electron chi connectivity index (χ4n) is 2.54. The molecule has 1 aromatic carbocycles. The zero-order chi connectivity index (χ0) is 17.6. The molecule has 1 aromatic rings. The molecule has 0 aliphatic carbocycles. The molecule has 0 saturated carbocycles. The van der Waals surface area contributed by atoms with Crippen molar-refractivity contribution < 1.29 is 13.2 Å². The molecule has 0 unspecified atom stereocenters. The molecule has 1 heterocycles. The molecule has 6 nitrogen and oxygen atoms in total. The first-order chi connectivity index (χ1) is 11.4. The second-order valence-electron chi connectivity index (χ2n) is 6.00. The van der Waals surface area contributed by atoms with Crippen LogP contribution in [0.1, 0.15) is 12.0 Å². The van der Waals surface area contributed by atoms with Crippen LogP contribution in [0.2, 0.25) is 5.02 Å². The highest BCUT2D eigenvalue weighted by molar-refractivity contribution is 7.89. The highest BCUT2D eigenvalue weighted by Crippen LogP contribution is 2.11. The van der Waals surface area contributed by atoms with Gasteiger partial charge in [0.2, 0.25) is 15.9 Å². The zero-order valence-corrected chi connectivity index (χ0v) is 15.4. The number of hydrogen-bond donors (Lipinski definition) is 1. The third kappa shape index (κ3) is 6.05. The van der Waals surface area contributed by atoms with E-state index in [4.69, 9.17) is 11.6 Å². The highest BCUT2D eigenvalue weighted by atomic mass is 35.5. The number of nitrogens with zero attached hydrogens (tertiary/aromatic N) is 2. The number of nitrogens with one attached hydrogen (secondary N) is 1. The standard InChI is InChI=1S/C16H24ClN3O3S/c1-19-8-10-20(11-9-19)24(22,23)12-6-16(21)18-7-5-14-3-2-4-15(17)13-14/h2-4,13H,5-12H2,1H3,(H,18,21). The SMILES string of the molecule is CN1CCN(S(=O)(=O)CCC(=O)NCCc2cccc(Cl)c2)CC1. The van der Waals surface area contributed by atoms with Crippen LogP contribution in [0.3, 0.4) is 0 Å². The molecule has 0 bridgehead atoms. The number of likely N-dealkylation sites (N-methyl/N-ethyl adjacent to an activating group) is 1. The van der Waals surface area contributed by atoms with Gasteiger partial charge in [0.05, 0.1) is 5.75 Å². The molecule has 1 saturated heterocycles. The molecule has 8 heteroatoms. The van der Waals surface area contributed by atoms with Gasteiger partial charge in [0, 0.05) is 44.2 Å². The van der Waals surface area contributed by atoms with Crippen molar-refractivity contribution >= 4 is 27.5 Å². The average Bonchev–Trinajstić information content (AvgIpc) is 2.54. The Bertz CT molecular complexity index is 658. The summed E-state index contributed by atoms with van der Waals surface area (Å²) in [6.45, 7) is 2.91. The lowest BCUT2D eigenvalue weighted by atomic mass is 10.1. The summed E-state index contributed by atoms with van der Waals surface area (Å²) in [5.74, 6) is -0.380. The summed E-state index contributed by atoms with van der Waals surface area (Å²) in [6.07, 6.45) is 0.654. The van der Waals surface area contributed by atoms with Crippen molar-refractivity contribution in [3.63, 3.8) is 0 Å². The van der Waals surface area contributed by atoms with Gasteiger partial charge in [-0.05, 0) is 31.2 Å². The Labute approximate surface area is 148 Å². The minimum atomic E-state index is -3.36. The molecular formula is C16H24ClN3O3S. The fraction of sp³-hybridized carbons (Fsp3) is 0.562. The van der Waals surface area contributed by atoms with E-state index in [0.29, 0.717) is 31.1 Å². The third-order valence-electron chi connectivity index (χ3n) is 4.07. The van der Waals surface area contributed by atoms with Crippen molar-refractivity contribution in [3.05, 3.63) is 34.9 Å². The molecule has 2 rings (SSSR count). The number of amides is 1. The number of sulfonamides is 1. The van der Waals surface area contributed by atoms with E-state index in [9.17, 15) is 13.2 Å². The van der Waals surface area contributed by atoms with Crippen molar-refractivity contribution in [2.45, 2.75) is 12.8 Å². The fourth-order valence-corrected chi connectivity index (χ4v) is 4.18. The van der Waals surface area contributed by atoms with Gasteiger partial charge in [-0.15, -0.1) is 0 Å². The first-order valence-electron chi connectivity index (χ1n) is 8.04. The van der Waals surface area contributed by atoms with Gasteiger partial charge < -0.3 is 10.2 Å². The van der Waals surface area contributed by atoms with Gasteiger partial charge in [-0.25, -0.2) is 8.42 Å². The van der Waals surface area contributed by atoms with Crippen molar-refractivity contribution in [1.82, 2.24) is 14.5 Å². The largest absolute Gasteiger partial charge is 0.356 e. The Morgan fingerprint density at radius 1 is 1.25 bits per heavy atom. The summed E-state index contributed by atoms with van der Waals surface area (Å²) in [6, 6.07) is 7.45. The summed E-state index contributed by atoms with van der Waals surface area (Å²) in [7, 11) is -1.39. The first-order valence-corrected chi connectivity index (χ1v) is 10.0. The number of carbonyl (C=O) groups is 1. The second kappa shape index (κ2) is 8.80. The topological polar surface area (TPSA) is 69.7 Å². The van der Waals surface area contributed by atoms with Crippen LogP contribution in [-0.4, -0.2) is 69.1 Å². The van der Waals surface area contributed by atoms with Gasteiger partial charge in [0.25, 0.3) is 0 Å². The predicted molar refractivity (Wildman–Crippen MR) is 95.6 cm³/mol. The molecule has 1 amide bonds. The number of carbonyl (C=O) groups excluding carboxylic acids is 1. The Kier molecular flexibility index (Phi) is 7.03. The molecule has 1 aliphatic rings. The maximum absolute atomic E-state index is 12.2. The van der Waals surface area contributed by atoms with E-state index in [-0.39, 0.29) is 18.1 Å². The zero-order valence-electron chi connectivity index (χ0n) is 13.9. The summed E-state index contributed by atoms with van der Waals surface area (Å²) in [5, 5.41) is 3.42. The van der Waals surface area contributed by atoms with Gasteiger partial charge in [0.1, 0.15) is 0 Å². The predicted octanol–water partition coefficient (Wildman–Crippen LogP) is 0.966. The summed E-state index contributed by atoms with van der Waals surface area (Å²) < 4.78 is 26.0. The minimum absolute atomic E-state index is 0.00970. The van der Waals surface area contributed by atoms with Crippen LogP contribution < -0.4 is 5.32 Å². The average molecular weight is 374 g/mol. The molecule has 1 fully saturated rings. The van der Waals surface area contributed by atoms with E-state index in [1.165, 1.54) is 4.31 Å². The number of rotatable bonds is 7. The highest BCUT2D eigenvalue weighted by Gasteiger charge is 2.25. The molecular weight excluding hydrogens is 350 g/mol. The van der Waals surface area contributed by atoms with Crippen LogP contribution in [0.5, 0.6) is 0 Å². The maximum Gasteiger partial charge on any atom is 0.221 e. The molecule has 1 N–H and O–H groups in total. The quantitative estimate of drug-likeness (QED) is 0.773. The summed E-state index contributed by atoms with van der Waals surface area (Å²) in [5.41, 5.74) is 1.04. The molecule has 0 radical (unpaired) electrons. The molecule has 0 aromatic heterocycles. The second-order valence-corrected chi connectivity index (χ2v) is 8.52. The van der Waals surface area contributed by atoms with Crippen molar-refractivity contribution in [2.24, 2.45) is 0 Å². The van der Waals surface area contributed by atoms with E-state index in [0.717, 1.165) is 18.7 Å². The Morgan fingerprint density at radius 2 is 1.96 bits per heavy atom. The van der Waals surface area contributed by atoms with E-state index in [1.807, 2.05) is 25.2 Å². The smallest absolute Gasteiger partial charge is 0.221 e. The molecule has 1 aliphatic heterocycles. The molecule has 134 valence electrons. The lowest BCUT2D eigenvalue weighted by Crippen LogP contribution is -2.48. The number of benzene rings is 1. The van der Waals surface area contributed by atoms with Crippen LogP contribution >= 0.6 is 11.6 Å². The van der Waals surface area contributed by atoms with Gasteiger partial charge in [0.15, 0.2) is 0 Å². The van der Waals surface area contributed by atoms with Crippen LogP contribution in [0, 0.1) is 0 Å². The molecule has 0 spiro atoms. The van der Waals surface area contributed by atoms with E-state index in [1.54, 1.807) is 6.07 Å². The van der Waals surface area contributed by atoms with E-state index >= 15 is 0 Å². The summed E-state index contributed by atoms with van der Waals surface area (Å²) >= 11 is 5.91. The number of piperazine rings is 1. The summed E-state index contributed by atoms with van der Waals surface area (Å²) in [4.78, 5) is 13.9. The third-order valence-corrected chi connectivity index (χ3v) is 6.17. The van der Waals surface area contributed by atoms with Crippen LogP contribution in [-0.2, 0) is 21.2 Å². The lowest BCUT2D eigenvalue weighted by molar-refractivity contribution is -0.120. The first kappa shape index (κ1) is 19.2. The van der Waals surface area contributed by atoms with Crippen molar-refractivity contribution in [2.75, 3.05) is 45.5 Å². The number of hydrogen-bond acceptors (Lipinski definition) is 4. The monoisotopic (exact) mass is 373 g/mol. The molecule has 0 atom stereocenters. The van der Waals surface area contributed by atoms with Gasteiger partial charge in [-0.2, -0.15) is 4.31 Å². The van der Waals surface area contributed by atoms with E-state index < -0.39 is 10.0 Å².